The van der Waals surface area contributed by atoms with E-state index < -0.39 is 5.54 Å². The zero-order valence-electron chi connectivity index (χ0n) is 9.93. The van der Waals surface area contributed by atoms with Gasteiger partial charge in [-0.3, -0.25) is 4.98 Å². The minimum absolute atomic E-state index is 0.310. The summed E-state index contributed by atoms with van der Waals surface area (Å²) in [5.74, 6) is 0.749. The number of nitrogens with one attached hydrogen (secondary N) is 1. The average molecular weight is 231 g/mol. The molecular weight excluding hydrogens is 216 g/mol. The highest BCUT2D eigenvalue weighted by Gasteiger charge is 2.26. The van der Waals surface area contributed by atoms with E-state index in [0.717, 1.165) is 16.7 Å². The first kappa shape index (κ1) is 11.5. The van der Waals surface area contributed by atoms with Crippen molar-refractivity contribution < 1.29 is 9.91 Å². The molecule has 1 heterocycles. The molecule has 0 aliphatic rings. The molecule has 1 aromatic heterocycles. The Bertz CT molecular complexity index is 532. The molecule has 0 unspecified atom stereocenters. The Morgan fingerprint density at radius 2 is 2.06 bits per heavy atom. The Morgan fingerprint density at radius 1 is 1.29 bits per heavy atom. The summed E-state index contributed by atoms with van der Waals surface area (Å²) in [6.45, 7) is 3.90. The Morgan fingerprint density at radius 3 is 2.82 bits per heavy atom. The SMILES string of the molecule is CC(C)(COc1ccnc2ccccc12)[NH+]=O. The maximum absolute atomic E-state index is 10.7. The molecule has 17 heavy (non-hydrogen) atoms. The summed E-state index contributed by atoms with van der Waals surface area (Å²) < 4.78 is 5.67. The molecule has 0 bridgehead atoms. The normalized spacial score (nSPS) is 11.4. The van der Waals surface area contributed by atoms with Gasteiger partial charge < -0.3 is 4.74 Å². The predicted molar refractivity (Wildman–Crippen MR) is 65.6 cm³/mol. The van der Waals surface area contributed by atoms with Gasteiger partial charge in [-0.05, 0) is 23.4 Å². The topological polar surface area (TPSA) is 53.2 Å². The molecule has 1 N–H and O–H groups in total. The van der Waals surface area contributed by atoms with Crippen molar-refractivity contribution in [2.24, 2.45) is 0 Å². The molecule has 4 heteroatoms. The van der Waals surface area contributed by atoms with Gasteiger partial charge in [-0.2, -0.15) is 0 Å². The summed E-state index contributed by atoms with van der Waals surface area (Å²) in [6, 6.07) is 9.56. The van der Waals surface area contributed by atoms with Crippen LogP contribution in [-0.2, 0) is 0 Å². The maximum atomic E-state index is 10.7. The van der Waals surface area contributed by atoms with Crippen molar-refractivity contribution in [3.63, 3.8) is 0 Å². The van der Waals surface area contributed by atoms with Gasteiger partial charge in [0, 0.05) is 30.3 Å². The number of nitrogens with zero attached hydrogens (tertiary/aromatic N) is 1. The van der Waals surface area contributed by atoms with Gasteiger partial charge in [-0.15, -0.1) is 0 Å². The van der Waals surface area contributed by atoms with Crippen LogP contribution in [0.3, 0.4) is 0 Å². The van der Waals surface area contributed by atoms with Crippen LogP contribution in [0.15, 0.2) is 36.5 Å². The number of hydrogen-bond acceptors (Lipinski definition) is 3. The van der Waals surface area contributed by atoms with Gasteiger partial charge in [-0.25, -0.2) is 0 Å². The van der Waals surface area contributed by atoms with Crippen molar-refractivity contribution in [1.29, 1.82) is 0 Å². The molecule has 0 fully saturated rings. The monoisotopic (exact) mass is 231 g/mol. The Kier molecular flexibility index (Phi) is 3.04. The number of ether oxygens (including phenoxy) is 1. The van der Waals surface area contributed by atoms with E-state index >= 15 is 0 Å². The van der Waals surface area contributed by atoms with Crippen LogP contribution < -0.4 is 9.91 Å². The third-order valence-corrected chi connectivity index (χ3v) is 2.47. The van der Waals surface area contributed by atoms with E-state index in [0.29, 0.717) is 6.61 Å². The molecule has 0 saturated carbocycles. The summed E-state index contributed by atoms with van der Waals surface area (Å²) in [6.07, 6.45) is 1.70. The van der Waals surface area contributed by atoms with Gasteiger partial charge in [0.05, 0.1) is 5.52 Å². The second-order valence-electron chi connectivity index (χ2n) is 4.60. The molecule has 0 atom stereocenters. The largest absolute Gasteiger partial charge is 0.485 e. The highest BCUT2D eigenvalue weighted by molar-refractivity contribution is 5.84. The number of para-hydroxylation sites is 1. The minimum Gasteiger partial charge on any atom is -0.485 e. The van der Waals surface area contributed by atoms with Crippen LogP contribution >= 0.6 is 0 Å². The van der Waals surface area contributed by atoms with E-state index in [-0.39, 0.29) is 0 Å². The lowest BCUT2D eigenvalue weighted by Crippen LogP contribution is -2.81. The third-order valence-electron chi connectivity index (χ3n) is 2.47. The second kappa shape index (κ2) is 4.49. The molecule has 0 spiro atoms. The van der Waals surface area contributed by atoms with Gasteiger partial charge in [0.15, 0.2) is 6.61 Å². The molecule has 88 valence electrons. The summed E-state index contributed by atoms with van der Waals surface area (Å²) in [5.41, 5.74) is 0.294. The number of fused-ring (bicyclic) bond motifs is 1. The molecule has 0 aliphatic heterocycles. The first-order chi connectivity index (χ1) is 8.12. The number of rotatable bonds is 4. The molecule has 0 aliphatic carbocycles. The van der Waals surface area contributed by atoms with Gasteiger partial charge in [0.2, 0.25) is 5.54 Å². The zero-order chi connectivity index (χ0) is 12.3. The predicted octanol–water partition coefficient (Wildman–Crippen LogP) is 1.24. The highest BCUT2D eigenvalue weighted by Crippen LogP contribution is 2.23. The lowest BCUT2D eigenvalue weighted by molar-refractivity contribution is -0.567. The fourth-order valence-corrected chi connectivity index (χ4v) is 1.48. The van der Waals surface area contributed by atoms with Gasteiger partial charge in [0.1, 0.15) is 5.75 Å². The van der Waals surface area contributed by atoms with Crippen molar-refractivity contribution in [1.82, 2.24) is 4.98 Å². The molecule has 0 radical (unpaired) electrons. The minimum atomic E-state index is -0.593. The quantitative estimate of drug-likeness (QED) is 0.861. The molecule has 2 aromatic rings. The van der Waals surface area contributed by atoms with E-state index in [9.17, 15) is 4.91 Å². The molecule has 2 rings (SSSR count). The number of benzene rings is 1. The van der Waals surface area contributed by atoms with Crippen LogP contribution in [0.25, 0.3) is 10.9 Å². The molecular formula is C13H15N2O2+. The Balaban J connectivity index is 2.27. The number of hydrogen-bond donors (Lipinski definition) is 1. The van der Waals surface area contributed by atoms with E-state index in [1.165, 1.54) is 0 Å². The van der Waals surface area contributed by atoms with Crippen molar-refractivity contribution >= 4 is 10.9 Å². The smallest absolute Gasteiger partial charge is 0.235 e. The van der Waals surface area contributed by atoms with Gasteiger partial charge in [-0.1, -0.05) is 12.1 Å². The van der Waals surface area contributed by atoms with Gasteiger partial charge in [0.25, 0.3) is 0 Å². The van der Waals surface area contributed by atoms with Crippen molar-refractivity contribution in [2.45, 2.75) is 19.4 Å². The number of nitroso groups, excluding NO2 is 1. The van der Waals surface area contributed by atoms with E-state index in [1.807, 2.05) is 35.5 Å². The van der Waals surface area contributed by atoms with Crippen LogP contribution in [0.2, 0.25) is 0 Å². The molecule has 0 amide bonds. The maximum Gasteiger partial charge on any atom is 0.235 e. The number of pyridine rings is 1. The summed E-state index contributed by atoms with van der Waals surface area (Å²) in [5, 5.41) is 2.92. The fourth-order valence-electron chi connectivity index (χ4n) is 1.48. The molecule has 4 nitrogen and oxygen atoms in total. The third kappa shape index (κ3) is 2.58. The summed E-state index contributed by atoms with van der Waals surface area (Å²) in [4.78, 5) is 14.9. The van der Waals surface area contributed by atoms with Crippen molar-refractivity contribution in [3.05, 3.63) is 41.4 Å². The highest BCUT2D eigenvalue weighted by atomic mass is 16.5. The van der Waals surface area contributed by atoms with Crippen LogP contribution in [-0.4, -0.2) is 17.1 Å². The Hall–Kier alpha value is -1.97. The van der Waals surface area contributed by atoms with Crippen LogP contribution in [0.1, 0.15) is 13.8 Å². The van der Waals surface area contributed by atoms with Crippen molar-refractivity contribution in [2.75, 3.05) is 6.61 Å². The fraction of sp³-hybridized carbons (Fsp3) is 0.308. The van der Waals surface area contributed by atoms with E-state index in [1.54, 1.807) is 20.0 Å². The first-order valence-electron chi connectivity index (χ1n) is 5.48. The standard InChI is InChI=1S/C13H14N2O2/c1-13(2,15-16)9-17-12-7-8-14-11-6-4-3-5-10(11)12/h3-8H,9H2,1-2H3/p+1. The van der Waals surface area contributed by atoms with Crippen LogP contribution in [0.4, 0.5) is 0 Å². The van der Waals surface area contributed by atoms with Crippen LogP contribution in [0, 0.1) is 4.91 Å². The lowest BCUT2D eigenvalue weighted by Gasteiger charge is -2.13. The summed E-state index contributed by atoms with van der Waals surface area (Å²) in [7, 11) is 0. The van der Waals surface area contributed by atoms with E-state index in [4.69, 9.17) is 4.74 Å². The lowest BCUT2D eigenvalue weighted by atomic mass is 10.1. The van der Waals surface area contributed by atoms with Crippen molar-refractivity contribution in [3.8, 4) is 5.75 Å². The summed E-state index contributed by atoms with van der Waals surface area (Å²) >= 11 is 0. The number of aromatic nitrogens is 1. The Labute approximate surface area is 99.6 Å². The zero-order valence-corrected chi connectivity index (χ0v) is 9.93. The molecule has 0 saturated heterocycles. The molecule has 1 aromatic carbocycles. The van der Waals surface area contributed by atoms with Gasteiger partial charge >= 0.3 is 0 Å². The second-order valence-corrected chi connectivity index (χ2v) is 4.60. The van der Waals surface area contributed by atoms with Crippen LogP contribution in [0.5, 0.6) is 5.75 Å². The average Bonchev–Trinajstić information content (AvgIpc) is 2.36. The van der Waals surface area contributed by atoms with E-state index in [2.05, 4.69) is 4.98 Å². The first-order valence-corrected chi connectivity index (χ1v) is 5.48.